The van der Waals surface area contributed by atoms with Crippen molar-refractivity contribution in [2.45, 2.75) is 31.7 Å². The predicted molar refractivity (Wildman–Crippen MR) is 58.1 cm³/mol. The topological polar surface area (TPSA) is 49.4 Å². The lowest BCUT2D eigenvalue weighted by Crippen LogP contribution is -2.34. The zero-order valence-corrected chi connectivity index (χ0v) is 10.1. The molecule has 1 fully saturated rings. The van der Waals surface area contributed by atoms with Crippen molar-refractivity contribution in [2.75, 3.05) is 25.9 Å². The zero-order chi connectivity index (χ0) is 12.2. The van der Waals surface area contributed by atoms with Crippen molar-refractivity contribution in [2.24, 2.45) is 0 Å². The average molecular weight is 256 g/mol. The molecule has 0 saturated heterocycles. The first kappa shape index (κ1) is 13.8. The normalized spacial score (nSPS) is 17.3. The minimum Gasteiger partial charge on any atom is -0.314 e. The number of hydrogen-bond donors (Lipinski definition) is 1. The third kappa shape index (κ3) is 5.18. The largest absolute Gasteiger partial charge is 0.314 e. The van der Waals surface area contributed by atoms with E-state index in [4.69, 9.17) is 0 Å². The summed E-state index contributed by atoms with van der Waals surface area (Å²) in [5.41, 5.74) is 0. The number of nitrogens with one attached hydrogen (secondary N) is 1. The number of hydrogen-bond acceptors (Lipinski definition) is 3. The Bertz CT molecular complexity index is 305. The first-order valence-corrected chi connectivity index (χ1v) is 6.98. The van der Waals surface area contributed by atoms with Crippen molar-refractivity contribution < 1.29 is 17.2 Å². The second-order valence-corrected chi connectivity index (χ2v) is 6.26. The van der Waals surface area contributed by atoms with Gasteiger partial charge in [-0.2, -0.15) is 4.31 Å². The van der Waals surface area contributed by atoms with Crippen molar-refractivity contribution in [3.05, 3.63) is 0 Å². The molecule has 0 bridgehead atoms. The second kappa shape index (κ2) is 5.88. The minimum absolute atomic E-state index is 0.0735. The average Bonchev–Trinajstić information content (AvgIpc) is 2.95. The summed E-state index contributed by atoms with van der Waals surface area (Å²) < 4.78 is 47.7. The molecule has 0 aromatic carbocycles. The molecule has 1 rings (SSSR count). The molecule has 1 saturated carbocycles. The van der Waals surface area contributed by atoms with Gasteiger partial charge in [-0.15, -0.1) is 0 Å². The van der Waals surface area contributed by atoms with Gasteiger partial charge < -0.3 is 5.32 Å². The Morgan fingerprint density at radius 2 is 2.06 bits per heavy atom. The van der Waals surface area contributed by atoms with E-state index in [1.54, 1.807) is 0 Å². The van der Waals surface area contributed by atoms with Gasteiger partial charge in [0.1, 0.15) is 0 Å². The molecule has 0 amide bonds. The first-order valence-electron chi connectivity index (χ1n) is 5.37. The SMILES string of the molecule is CN(CC(F)F)S(=O)(=O)CCCNC1CC1. The summed E-state index contributed by atoms with van der Waals surface area (Å²) in [4.78, 5) is 0. The molecule has 0 heterocycles. The van der Waals surface area contributed by atoms with Gasteiger partial charge in [0.25, 0.3) is 6.43 Å². The van der Waals surface area contributed by atoms with Gasteiger partial charge in [-0.25, -0.2) is 17.2 Å². The van der Waals surface area contributed by atoms with Crippen LogP contribution < -0.4 is 5.32 Å². The van der Waals surface area contributed by atoms with Crippen LogP contribution in [0.5, 0.6) is 0 Å². The zero-order valence-electron chi connectivity index (χ0n) is 9.33. The molecular weight excluding hydrogens is 238 g/mol. The molecular formula is C9H18F2N2O2S. The van der Waals surface area contributed by atoms with Crippen molar-refractivity contribution >= 4 is 10.0 Å². The molecule has 0 unspecified atom stereocenters. The fraction of sp³-hybridized carbons (Fsp3) is 1.00. The van der Waals surface area contributed by atoms with E-state index in [0.29, 0.717) is 19.0 Å². The number of rotatable bonds is 8. The van der Waals surface area contributed by atoms with Crippen LogP contribution in [0.3, 0.4) is 0 Å². The lowest BCUT2D eigenvalue weighted by molar-refractivity contribution is 0.126. The van der Waals surface area contributed by atoms with E-state index in [-0.39, 0.29) is 5.75 Å². The van der Waals surface area contributed by atoms with Crippen LogP contribution in [-0.2, 0) is 10.0 Å². The highest BCUT2D eigenvalue weighted by atomic mass is 32.2. The maximum Gasteiger partial charge on any atom is 0.252 e. The molecule has 0 radical (unpaired) electrons. The lowest BCUT2D eigenvalue weighted by atomic mass is 10.5. The molecule has 0 atom stereocenters. The molecule has 7 heteroatoms. The molecule has 16 heavy (non-hydrogen) atoms. The third-order valence-electron chi connectivity index (χ3n) is 2.46. The Kier molecular flexibility index (Phi) is 5.07. The number of sulfonamides is 1. The number of alkyl halides is 2. The van der Waals surface area contributed by atoms with E-state index in [1.807, 2.05) is 0 Å². The Morgan fingerprint density at radius 1 is 1.44 bits per heavy atom. The standard InChI is InChI=1S/C9H18F2N2O2S/c1-13(7-9(10)11)16(14,15)6-2-5-12-8-3-4-8/h8-9,12H,2-7H2,1H3. The summed E-state index contributed by atoms with van der Waals surface area (Å²) >= 11 is 0. The maximum atomic E-state index is 12.0. The Balaban J connectivity index is 2.20. The van der Waals surface area contributed by atoms with Crippen LogP contribution in [0.15, 0.2) is 0 Å². The van der Waals surface area contributed by atoms with E-state index in [0.717, 1.165) is 17.1 Å². The van der Waals surface area contributed by atoms with Crippen molar-refractivity contribution in [3.63, 3.8) is 0 Å². The number of halogens is 2. The highest BCUT2D eigenvalue weighted by Gasteiger charge is 2.22. The highest BCUT2D eigenvalue weighted by molar-refractivity contribution is 7.89. The molecule has 0 aromatic rings. The van der Waals surface area contributed by atoms with Gasteiger partial charge in [-0.1, -0.05) is 0 Å². The van der Waals surface area contributed by atoms with Crippen LogP contribution in [0.25, 0.3) is 0 Å². The molecule has 1 aliphatic rings. The van der Waals surface area contributed by atoms with Crippen LogP contribution >= 0.6 is 0 Å². The van der Waals surface area contributed by atoms with Gasteiger partial charge in [0.05, 0.1) is 12.3 Å². The van der Waals surface area contributed by atoms with Crippen LogP contribution in [0.4, 0.5) is 8.78 Å². The lowest BCUT2D eigenvalue weighted by Gasteiger charge is -2.16. The minimum atomic E-state index is -3.52. The first-order chi connectivity index (χ1) is 7.42. The monoisotopic (exact) mass is 256 g/mol. The number of nitrogens with zero attached hydrogens (tertiary/aromatic N) is 1. The molecule has 1 N–H and O–H groups in total. The molecule has 96 valence electrons. The van der Waals surface area contributed by atoms with Gasteiger partial charge in [0.15, 0.2) is 0 Å². The highest BCUT2D eigenvalue weighted by Crippen LogP contribution is 2.18. The Hall–Kier alpha value is -0.270. The van der Waals surface area contributed by atoms with Gasteiger partial charge in [0, 0.05) is 13.1 Å². The molecule has 0 spiro atoms. The van der Waals surface area contributed by atoms with E-state index in [2.05, 4.69) is 5.32 Å². The van der Waals surface area contributed by atoms with E-state index < -0.39 is 23.0 Å². The van der Waals surface area contributed by atoms with Crippen LogP contribution in [-0.4, -0.2) is 51.1 Å². The van der Waals surface area contributed by atoms with E-state index in [1.165, 1.54) is 7.05 Å². The molecule has 4 nitrogen and oxygen atoms in total. The maximum absolute atomic E-state index is 12.0. The summed E-state index contributed by atoms with van der Waals surface area (Å²) in [7, 11) is -2.33. The quantitative estimate of drug-likeness (QED) is 0.649. The van der Waals surface area contributed by atoms with Crippen LogP contribution in [0.2, 0.25) is 0 Å². The van der Waals surface area contributed by atoms with Gasteiger partial charge in [0.2, 0.25) is 10.0 Å². The fourth-order valence-corrected chi connectivity index (χ4v) is 2.47. The van der Waals surface area contributed by atoms with E-state index in [9.17, 15) is 17.2 Å². The summed E-state index contributed by atoms with van der Waals surface area (Å²) in [6.45, 7) is -0.0925. The summed E-state index contributed by atoms with van der Waals surface area (Å²) in [5.74, 6) is -0.0735. The van der Waals surface area contributed by atoms with Crippen molar-refractivity contribution in [1.29, 1.82) is 0 Å². The summed E-state index contributed by atoms with van der Waals surface area (Å²) in [5, 5.41) is 3.18. The van der Waals surface area contributed by atoms with Gasteiger partial charge in [-0.05, 0) is 25.8 Å². The smallest absolute Gasteiger partial charge is 0.252 e. The predicted octanol–water partition coefficient (Wildman–Crippen LogP) is 0.655. The van der Waals surface area contributed by atoms with Crippen molar-refractivity contribution in [1.82, 2.24) is 9.62 Å². The molecule has 0 aromatic heterocycles. The second-order valence-electron chi connectivity index (χ2n) is 4.07. The Morgan fingerprint density at radius 3 is 2.56 bits per heavy atom. The fourth-order valence-electron chi connectivity index (χ4n) is 1.31. The van der Waals surface area contributed by atoms with E-state index >= 15 is 0 Å². The molecule has 0 aliphatic heterocycles. The Labute approximate surface area is 95.1 Å². The molecule has 1 aliphatic carbocycles. The summed E-state index contributed by atoms with van der Waals surface area (Å²) in [6.07, 6.45) is 0.145. The van der Waals surface area contributed by atoms with Gasteiger partial charge in [-0.3, -0.25) is 0 Å². The van der Waals surface area contributed by atoms with Crippen LogP contribution in [0.1, 0.15) is 19.3 Å². The van der Waals surface area contributed by atoms with Gasteiger partial charge >= 0.3 is 0 Å². The van der Waals surface area contributed by atoms with Crippen LogP contribution in [0, 0.1) is 0 Å². The summed E-state index contributed by atoms with van der Waals surface area (Å²) in [6, 6.07) is 0.543. The third-order valence-corrected chi connectivity index (χ3v) is 4.36. The van der Waals surface area contributed by atoms with Crippen molar-refractivity contribution in [3.8, 4) is 0 Å².